The molecule has 0 unspecified atom stereocenters. The molecular formula is C12H18N2OS. The molecule has 0 amide bonds. The molecule has 0 fully saturated rings. The number of nitrogens with zero attached hydrogens (tertiary/aromatic N) is 1. The van der Waals surface area contributed by atoms with Gasteiger partial charge in [-0.3, -0.25) is 0 Å². The molecule has 0 radical (unpaired) electrons. The molecule has 0 saturated carbocycles. The van der Waals surface area contributed by atoms with Crippen molar-refractivity contribution in [1.29, 1.82) is 0 Å². The predicted octanol–water partition coefficient (Wildman–Crippen LogP) is 2.28. The topological polar surface area (TPSA) is 34.2 Å². The van der Waals surface area contributed by atoms with Gasteiger partial charge in [-0.15, -0.1) is 11.3 Å². The standard InChI is InChI=1S/C12H18N2OS/c1-10-12(16-9-14-10)8-13-5-2-11-3-6-15-7-4-11/h3,9,13H,2,4-8H2,1H3. The second-order valence-electron chi connectivity index (χ2n) is 3.98. The largest absolute Gasteiger partial charge is 0.377 e. The van der Waals surface area contributed by atoms with Crippen molar-refractivity contribution in [2.45, 2.75) is 26.3 Å². The molecule has 0 atom stereocenters. The quantitative estimate of drug-likeness (QED) is 0.631. The zero-order chi connectivity index (χ0) is 11.2. The number of hydrogen-bond acceptors (Lipinski definition) is 4. The van der Waals surface area contributed by atoms with Crippen LogP contribution in [0.2, 0.25) is 0 Å². The highest BCUT2D eigenvalue weighted by molar-refractivity contribution is 7.09. The van der Waals surface area contributed by atoms with Gasteiger partial charge in [-0.05, 0) is 26.3 Å². The molecule has 0 aliphatic carbocycles. The fourth-order valence-electron chi connectivity index (χ4n) is 1.74. The zero-order valence-electron chi connectivity index (χ0n) is 9.66. The highest BCUT2D eigenvalue weighted by Gasteiger charge is 2.04. The van der Waals surface area contributed by atoms with Crippen LogP contribution in [0, 0.1) is 6.92 Å². The SMILES string of the molecule is Cc1ncsc1CNCCC1=CCOCC1. The van der Waals surface area contributed by atoms with Crippen LogP contribution in [0.5, 0.6) is 0 Å². The van der Waals surface area contributed by atoms with Gasteiger partial charge >= 0.3 is 0 Å². The average Bonchev–Trinajstić information content (AvgIpc) is 2.72. The molecule has 2 rings (SSSR count). The third-order valence-corrected chi connectivity index (χ3v) is 3.75. The van der Waals surface area contributed by atoms with Gasteiger partial charge in [-0.2, -0.15) is 0 Å². The van der Waals surface area contributed by atoms with Crippen molar-refractivity contribution >= 4 is 11.3 Å². The lowest BCUT2D eigenvalue weighted by Gasteiger charge is -2.13. The number of nitrogens with one attached hydrogen (secondary N) is 1. The van der Waals surface area contributed by atoms with Gasteiger partial charge in [0.25, 0.3) is 0 Å². The van der Waals surface area contributed by atoms with Gasteiger partial charge in [-0.1, -0.05) is 11.6 Å². The van der Waals surface area contributed by atoms with Gasteiger partial charge in [0.15, 0.2) is 0 Å². The Kier molecular flexibility index (Phi) is 4.51. The lowest BCUT2D eigenvalue weighted by atomic mass is 10.1. The van der Waals surface area contributed by atoms with Crippen molar-refractivity contribution in [3.05, 3.63) is 27.7 Å². The van der Waals surface area contributed by atoms with Gasteiger partial charge in [0, 0.05) is 11.4 Å². The van der Waals surface area contributed by atoms with Crippen LogP contribution in [0.15, 0.2) is 17.2 Å². The molecular weight excluding hydrogens is 220 g/mol. The Hall–Kier alpha value is -0.710. The van der Waals surface area contributed by atoms with E-state index in [0.717, 1.165) is 44.8 Å². The van der Waals surface area contributed by atoms with Crippen LogP contribution in [0.25, 0.3) is 0 Å². The second-order valence-corrected chi connectivity index (χ2v) is 4.91. The van der Waals surface area contributed by atoms with Crippen LogP contribution < -0.4 is 5.32 Å². The summed E-state index contributed by atoms with van der Waals surface area (Å²) in [5, 5.41) is 3.46. The molecule has 1 aliphatic rings. The summed E-state index contributed by atoms with van der Waals surface area (Å²) >= 11 is 1.73. The molecule has 16 heavy (non-hydrogen) atoms. The summed E-state index contributed by atoms with van der Waals surface area (Å²) in [4.78, 5) is 5.58. The summed E-state index contributed by atoms with van der Waals surface area (Å²) in [6.07, 6.45) is 4.45. The Balaban J connectivity index is 1.65. The van der Waals surface area contributed by atoms with E-state index in [-0.39, 0.29) is 0 Å². The minimum atomic E-state index is 0.795. The van der Waals surface area contributed by atoms with Crippen LogP contribution in [0.1, 0.15) is 23.4 Å². The summed E-state index contributed by atoms with van der Waals surface area (Å²) in [7, 11) is 0. The average molecular weight is 238 g/mol. The minimum Gasteiger partial charge on any atom is -0.377 e. The van der Waals surface area contributed by atoms with E-state index in [0.29, 0.717) is 0 Å². The van der Waals surface area contributed by atoms with Crippen molar-refractivity contribution < 1.29 is 4.74 Å². The fraction of sp³-hybridized carbons (Fsp3) is 0.583. The Labute approximate surface area is 101 Å². The number of aromatic nitrogens is 1. The normalized spacial score (nSPS) is 16.2. The molecule has 1 aromatic heterocycles. The van der Waals surface area contributed by atoms with Crippen molar-refractivity contribution in [3.63, 3.8) is 0 Å². The van der Waals surface area contributed by atoms with E-state index < -0.39 is 0 Å². The van der Waals surface area contributed by atoms with E-state index in [2.05, 4.69) is 23.3 Å². The van der Waals surface area contributed by atoms with E-state index in [1.165, 1.54) is 10.5 Å². The summed E-state index contributed by atoms with van der Waals surface area (Å²) in [5.41, 5.74) is 4.59. The van der Waals surface area contributed by atoms with Gasteiger partial charge in [0.2, 0.25) is 0 Å². The van der Waals surface area contributed by atoms with E-state index in [1.54, 1.807) is 11.3 Å². The first kappa shape index (κ1) is 11.8. The highest BCUT2D eigenvalue weighted by atomic mass is 32.1. The summed E-state index contributed by atoms with van der Waals surface area (Å²) in [5.74, 6) is 0. The number of rotatable bonds is 5. The zero-order valence-corrected chi connectivity index (χ0v) is 10.5. The maximum atomic E-state index is 5.28. The van der Waals surface area contributed by atoms with Crippen LogP contribution >= 0.6 is 11.3 Å². The van der Waals surface area contributed by atoms with Gasteiger partial charge in [0.1, 0.15) is 0 Å². The van der Waals surface area contributed by atoms with Crippen molar-refractivity contribution in [1.82, 2.24) is 10.3 Å². The molecule has 3 nitrogen and oxygen atoms in total. The minimum absolute atomic E-state index is 0.795. The number of thiazole rings is 1. The molecule has 1 aromatic rings. The third-order valence-electron chi connectivity index (χ3n) is 2.81. The molecule has 1 aliphatic heterocycles. The molecule has 4 heteroatoms. The molecule has 1 N–H and O–H groups in total. The van der Waals surface area contributed by atoms with Crippen LogP contribution in [0.4, 0.5) is 0 Å². The smallest absolute Gasteiger partial charge is 0.0798 e. The van der Waals surface area contributed by atoms with Crippen molar-refractivity contribution in [2.24, 2.45) is 0 Å². The van der Waals surface area contributed by atoms with Gasteiger partial charge in [-0.25, -0.2) is 4.98 Å². The monoisotopic (exact) mass is 238 g/mol. The van der Waals surface area contributed by atoms with E-state index in [4.69, 9.17) is 4.74 Å². The lowest BCUT2D eigenvalue weighted by molar-refractivity contribution is 0.153. The molecule has 0 aromatic carbocycles. The van der Waals surface area contributed by atoms with E-state index >= 15 is 0 Å². The maximum absolute atomic E-state index is 5.28. The summed E-state index contributed by atoms with van der Waals surface area (Å²) in [6, 6.07) is 0. The Morgan fingerprint density at radius 2 is 2.50 bits per heavy atom. The first-order valence-corrected chi connectivity index (χ1v) is 6.59. The van der Waals surface area contributed by atoms with Crippen molar-refractivity contribution in [3.8, 4) is 0 Å². The van der Waals surface area contributed by atoms with Crippen LogP contribution in [-0.4, -0.2) is 24.7 Å². The Morgan fingerprint density at radius 1 is 1.56 bits per heavy atom. The van der Waals surface area contributed by atoms with Crippen molar-refractivity contribution in [2.75, 3.05) is 19.8 Å². The molecule has 0 saturated heterocycles. The summed E-state index contributed by atoms with van der Waals surface area (Å²) < 4.78 is 5.28. The molecule has 2 heterocycles. The maximum Gasteiger partial charge on any atom is 0.0798 e. The number of ether oxygens (including phenoxy) is 1. The van der Waals surface area contributed by atoms with Crippen LogP contribution in [0.3, 0.4) is 0 Å². The molecule has 88 valence electrons. The predicted molar refractivity (Wildman–Crippen MR) is 66.7 cm³/mol. The van der Waals surface area contributed by atoms with Crippen LogP contribution in [-0.2, 0) is 11.3 Å². The Morgan fingerprint density at radius 3 is 3.19 bits per heavy atom. The number of aryl methyl sites for hydroxylation is 1. The van der Waals surface area contributed by atoms with E-state index in [1.807, 2.05) is 5.51 Å². The number of hydrogen-bond donors (Lipinski definition) is 1. The first-order chi connectivity index (χ1) is 7.86. The molecule has 0 bridgehead atoms. The third kappa shape index (κ3) is 3.40. The van der Waals surface area contributed by atoms with Gasteiger partial charge in [0.05, 0.1) is 24.4 Å². The first-order valence-electron chi connectivity index (χ1n) is 5.71. The highest BCUT2D eigenvalue weighted by Crippen LogP contribution is 2.13. The fourth-order valence-corrected chi connectivity index (χ4v) is 2.49. The molecule has 0 spiro atoms. The Bertz CT molecular complexity index is 360. The van der Waals surface area contributed by atoms with Gasteiger partial charge < -0.3 is 10.1 Å². The summed E-state index contributed by atoms with van der Waals surface area (Å²) in [6.45, 7) is 5.74. The lowest BCUT2D eigenvalue weighted by Crippen LogP contribution is -2.16. The van der Waals surface area contributed by atoms with E-state index in [9.17, 15) is 0 Å². The second kappa shape index (κ2) is 6.13.